The Hall–Kier alpha value is -3.52. The number of anilines is 1. The third-order valence-corrected chi connectivity index (χ3v) is 6.52. The molecule has 7 nitrogen and oxygen atoms in total. The first-order valence-corrected chi connectivity index (χ1v) is 12.1. The van der Waals surface area contributed by atoms with E-state index < -0.39 is 12.1 Å². The SMILES string of the molecule is Cc1cc(C)c(NC(=O)C(C)OC(=O)c2cc(-c3cccs3)nc3c2cnn3C(C)C)c(C)c1. The van der Waals surface area contributed by atoms with Crippen molar-refractivity contribution in [2.45, 2.75) is 53.7 Å². The number of pyridine rings is 1. The van der Waals surface area contributed by atoms with Crippen LogP contribution in [0.3, 0.4) is 0 Å². The van der Waals surface area contributed by atoms with Gasteiger partial charge in [-0.05, 0) is 70.2 Å². The molecule has 0 spiro atoms. The Bertz CT molecular complexity index is 1350. The number of benzene rings is 1. The topological polar surface area (TPSA) is 86.1 Å². The molecule has 0 bridgehead atoms. The second-order valence-electron chi connectivity index (χ2n) is 8.76. The Morgan fingerprint density at radius 3 is 2.41 bits per heavy atom. The van der Waals surface area contributed by atoms with Gasteiger partial charge in [0.25, 0.3) is 5.91 Å². The van der Waals surface area contributed by atoms with E-state index in [0.717, 1.165) is 27.3 Å². The van der Waals surface area contributed by atoms with E-state index in [9.17, 15) is 9.59 Å². The third-order valence-electron chi connectivity index (χ3n) is 5.63. The van der Waals surface area contributed by atoms with Crippen molar-refractivity contribution in [3.8, 4) is 10.6 Å². The van der Waals surface area contributed by atoms with Gasteiger partial charge in [0.2, 0.25) is 0 Å². The molecule has 1 aromatic carbocycles. The molecule has 1 unspecified atom stereocenters. The van der Waals surface area contributed by atoms with Gasteiger partial charge in [0.1, 0.15) is 0 Å². The molecule has 3 aromatic heterocycles. The van der Waals surface area contributed by atoms with Crippen LogP contribution >= 0.6 is 11.3 Å². The quantitative estimate of drug-likeness (QED) is 0.353. The molecule has 0 saturated carbocycles. The van der Waals surface area contributed by atoms with Gasteiger partial charge in [-0.2, -0.15) is 5.10 Å². The number of ether oxygens (including phenoxy) is 1. The molecule has 0 aliphatic heterocycles. The molecular weight excluding hydrogens is 448 g/mol. The van der Waals surface area contributed by atoms with E-state index in [1.165, 1.54) is 11.3 Å². The number of hydrogen-bond donors (Lipinski definition) is 1. The van der Waals surface area contributed by atoms with E-state index in [1.54, 1.807) is 23.9 Å². The molecule has 176 valence electrons. The van der Waals surface area contributed by atoms with Crippen LogP contribution in [0.25, 0.3) is 21.6 Å². The Labute approximate surface area is 202 Å². The largest absolute Gasteiger partial charge is 0.449 e. The summed E-state index contributed by atoms with van der Waals surface area (Å²) in [7, 11) is 0. The van der Waals surface area contributed by atoms with Crippen LogP contribution in [0.2, 0.25) is 0 Å². The molecule has 4 rings (SSSR count). The van der Waals surface area contributed by atoms with Gasteiger partial charge >= 0.3 is 5.97 Å². The lowest BCUT2D eigenvalue weighted by molar-refractivity contribution is -0.123. The normalized spacial score (nSPS) is 12.2. The molecule has 1 amide bonds. The summed E-state index contributed by atoms with van der Waals surface area (Å²) >= 11 is 1.54. The minimum Gasteiger partial charge on any atom is -0.449 e. The van der Waals surface area contributed by atoms with Gasteiger partial charge in [0.15, 0.2) is 11.8 Å². The second-order valence-corrected chi connectivity index (χ2v) is 9.71. The van der Waals surface area contributed by atoms with Crippen molar-refractivity contribution in [3.05, 3.63) is 64.2 Å². The van der Waals surface area contributed by atoms with Gasteiger partial charge in [-0.15, -0.1) is 11.3 Å². The molecule has 8 heteroatoms. The maximum absolute atomic E-state index is 13.2. The zero-order chi connectivity index (χ0) is 24.6. The van der Waals surface area contributed by atoms with Crippen molar-refractivity contribution in [2.24, 2.45) is 0 Å². The fraction of sp³-hybridized carbons (Fsp3) is 0.308. The van der Waals surface area contributed by atoms with Crippen molar-refractivity contribution in [1.82, 2.24) is 14.8 Å². The highest BCUT2D eigenvalue weighted by Crippen LogP contribution is 2.29. The van der Waals surface area contributed by atoms with Gasteiger partial charge in [0, 0.05) is 11.7 Å². The van der Waals surface area contributed by atoms with Crippen LogP contribution < -0.4 is 5.32 Å². The average molecular weight is 477 g/mol. The summed E-state index contributed by atoms with van der Waals surface area (Å²) in [5, 5.41) is 9.89. The lowest BCUT2D eigenvalue weighted by Crippen LogP contribution is -2.30. The number of rotatable bonds is 6. The first-order valence-electron chi connectivity index (χ1n) is 11.2. The average Bonchev–Trinajstić information content (AvgIpc) is 3.45. The Balaban J connectivity index is 1.63. The minimum atomic E-state index is -0.985. The number of carbonyl (C=O) groups is 2. The van der Waals surface area contributed by atoms with Crippen molar-refractivity contribution in [1.29, 1.82) is 0 Å². The summed E-state index contributed by atoms with van der Waals surface area (Å²) in [5.41, 5.74) is 5.39. The number of esters is 1. The molecule has 34 heavy (non-hydrogen) atoms. The van der Waals surface area contributed by atoms with Gasteiger partial charge < -0.3 is 10.1 Å². The smallest absolute Gasteiger partial charge is 0.339 e. The molecule has 1 atom stereocenters. The number of carbonyl (C=O) groups excluding carboxylic acids is 2. The first-order chi connectivity index (χ1) is 16.2. The number of thiophene rings is 1. The van der Waals surface area contributed by atoms with Crippen LogP contribution in [0.15, 0.2) is 41.9 Å². The molecule has 0 aliphatic carbocycles. The zero-order valence-corrected chi connectivity index (χ0v) is 21.0. The Kier molecular flexibility index (Phi) is 6.52. The van der Waals surface area contributed by atoms with E-state index in [1.807, 2.05) is 64.3 Å². The van der Waals surface area contributed by atoms with E-state index in [4.69, 9.17) is 9.72 Å². The Morgan fingerprint density at radius 2 is 1.79 bits per heavy atom. The van der Waals surface area contributed by atoms with E-state index in [-0.39, 0.29) is 11.9 Å². The summed E-state index contributed by atoms with van der Waals surface area (Å²) in [6, 6.07) is 9.67. The maximum Gasteiger partial charge on any atom is 0.339 e. The molecule has 0 radical (unpaired) electrons. The molecule has 0 fully saturated rings. The number of nitrogens with zero attached hydrogens (tertiary/aromatic N) is 3. The summed E-state index contributed by atoms with van der Waals surface area (Å²) in [6.07, 6.45) is 0.641. The highest BCUT2D eigenvalue weighted by molar-refractivity contribution is 7.13. The standard InChI is InChI=1S/C26H28N4O3S/c1-14(2)30-24-20(13-27-30)19(12-21(28-24)22-8-7-9-34-22)26(32)33-18(6)25(31)29-23-16(4)10-15(3)11-17(23)5/h7-14,18H,1-6H3,(H,29,31). The molecule has 1 N–H and O–H groups in total. The molecule has 4 aromatic rings. The summed E-state index contributed by atoms with van der Waals surface area (Å²) in [4.78, 5) is 31.8. The summed E-state index contributed by atoms with van der Waals surface area (Å²) in [5.74, 6) is -0.974. The Morgan fingerprint density at radius 1 is 1.09 bits per heavy atom. The maximum atomic E-state index is 13.2. The van der Waals surface area contributed by atoms with E-state index in [2.05, 4.69) is 10.4 Å². The zero-order valence-electron chi connectivity index (χ0n) is 20.2. The number of aryl methyl sites for hydroxylation is 3. The van der Waals surface area contributed by atoms with Crippen LogP contribution in [-0.2, 0) is 9.53 Å². The first kappa shape index (κ1) is 23.6. The number of nitrogens with one attached hydrogen (secondary N) is 1. The highest BCUT2D eigenvalue weighted by Gasteiger charge is 2.24. The summed E-state index contributed by atoms with van der Waals surface area (Å²) < 4.78 is 7.39. The monoisotopic (exact) mass is 476 g/mol. The van der Waals surface area contributed by atoms with Gasteiger partial charge in [0.05, 0.1) is 27.7 Å². The van der Waals surface area contributed by atoms with Gasteiger partial charge in [-0.25, -0.2) is 14.5 Å². The molecular formula is C26H28N4O3S. The predicted octanol–water partition coefficient (Wildman–Crippen LogP) is 5.85. The lowest BCUT2D eigenvalue weighted by atomic mass is 10.0. The van der Waals surface area contributed by atoms with Gasteiger partial charge in [-0.3, -0.25) is 4.79 Å². The number of aromatic nitrogens is 3. The fourth-order valence-electron chi connectivity index (χ4n) is 3.99. The molecule has 3 heterocycles. The van der Waals surface area contributed by atoms with Crippen LogP contribution in [0, 0.1) is 20.8 Å². The second kappa shape index (κ2) is 9.38. The van der Waals surface area contributed by atoms with Crippen LogP contribution in [-0.4, -0.2) is 32.7 Å². The number of fused-ring (bicyclic) bond motifs is 1. The van der Waals surface area contributed by atoms with Crippen LogP contribution in [0.1, 0.15) is 53.9 Å². The van der Waals surface area contributed by atoms with E-state index in [0.29, 0.717) is 22.3 Å². The van der Waals surface area contributed by atoms with Crippen LogP contribution in [0.4, 0.5) is 5.69 Å². The predicted molar refractivity (Wildman–Crippen MR) is 135 cm³/mol. The van der Waals surface area contributed by atoms with Crippen molar-refractivity contribution in [2.75, 3.05) is 5.32 Å². The number of amides is 1. The van der Waals surface area contributed by atoms with Crippen LogP contribution in [0.5, 0.6) is 0 Å². The fourth-order valence-corrected chi connectivity index (χ4v) is 4.68. The third kappa shape index (κ3) is 4.59. The van der Waals surface area contributed by atoms with Gasteiger partial charge in [-0.1, -0.05) is 23.8 Å². The lowest BCUT2D eigenvalue weighted by Gasteiger charge is -2.17. The van der Waals surface area contributed by atoms with E-state index >= 15 is 0 Å². The summed E-state index contributed by atoms with van der Waals surface area (Å²) in [6.45, 7) is 11.5. The van der Waals surface area contributed by atoms with Crippen molar-refractivity contribution in [3.63, 3.8) is 0 Å². The molecule has 0 aliphatic rings. The minimum absolute atomic E-state index is 0.0677. The highest BCUT2D eigenvalue weighted by atomic mass is 32.1. The van der Waals surface area contributed by atoms with Crippen molar-refractivity contribution < 1.29 is 14.3 Å². The number of hydrogen-bond acceptors (Lipinski definition) is 6. The van der Waals surface area contributed by atoms with Crippen molar-refractivity contribution >= 4 is 39.9 Å². The molecule has 0 saturated heterocycles.